The van der Waals surface area contributed by atoms with Gasteiger partial charge in [-0.3, -0.25) is 4.79 Å². The molecule has 33 heavy (non-hydrogen) atoms. The van der Waals surface area contributed by atoms with Crippen molar-refractivity contribution in [1.82, 2.24) is 5.32 Å². The van der Waals surface area contributed by atoms with Crippen LogP contribution in [0.15, 0.2) is 46.9 Å². The van der Waals surface area contributed by atoms with Gasteiger partial charge in [0.2, 0.25) is 0 Å². The molecule has 4 rings (SSSR count). The smallest absolute Gasteiger partial charge is 0.287 e. The summed E-state index contributed by atoms with van der Waals surface area (Å²) in [6.45, 7) is 11.7. The minimum absolute atomic E-state index is 0.142. The highest BCUT2D eigenvalue weighted by atomic mass is 35.5. The summed E-state index contributed by atoms with van der Waals surface area (Å²) in [4.78, 5) is 12.6. The van der Waals surface area contributed by atoms with E-state index in [9.17, 15) is 9.18 Å². The maximum absolute atomic E-state index is 13.2. The van der Waals surface area contributed by atoms with E-state index in [0.717, 1.165) is 5.76 Å². The van der Waals surface area contributed by atoms with Gasteiger partial charge in [0.05, 0.1) is 0 Å². The first kappa shape index (κ1) is 23.6. The van der Waals surface area contributed by atoms with E-state index in [4.69, 9.17) is 16.0 Å². The number of benzene rings is 2. The lowest BCUT2D eigenvalue weighted by molar-refractivity contribution is 0.0921. The Kier molecular flexibility index (Phi) is 6.17. The Bertz CT molecular complexity index is 1210. The van der Waals surface area contributed by atoms with Gasteiger partial charge < -0.3 is 9.73 Å². The van der Waals surface area contributed by atoms with Gasteiger partial charge in [0.1, 0.15) is 11.6 Å². The van der Waals surface area contributed by atoms with Crippen molar-refractivity contribution in [2.45, 2.75) is 71.3 Å². The summed E-state index contributed by atoms with van der Waals surface area (Å²) >= 11 is 6.04. The van der Waals surface area contributed by atoms with Gasteiger partial charge in [-0.05, 0) is 82.7 Å². The van der Waals surface area contributed by atoms with E-state index in [0.29, 0.717) is 12.0 Å². The molecule has 3 aromatic rings. The third-order valence-corrected chi connectivity index (χ3v) is 7.37. The normalized spacial score (nSPS) is 16.3. The lowest BCUT2D eigenvalue weighted by atomic mass is 9.62. The summed E-state index contributed by atoms with van der Waals surface area (Å²) in [6.07, 6.45) is 2.98. The van der Waals surface area contributed by atoms with Crippen LogP contribution in [0.25, 0.3) is 0 Å². The van der Waals surface area contributed by atoms with Crippen LogP contribution in [0.1, 0.15) is 84.7 Å². The molecule has 0 fully saturated rings. The monoisotopic (exact) mass is 467 g/mol. The highest BCUT2D eigenvalue weighted by Crippen LogP contribution is 2.46. The van der Waals surface area contributed by atoms with Crippen LogP contribution in [0.2, 0.25) is 5.02 Å². The second kappa shape index (κ2) is 8.64. The molecule has 3 nitrogen and oxygen atoms in total. The number of nitrogens with one attached hydrogen (secondary N) is 1. The molecule has 0 saturated heterocycles. The predicted octanol–water partition coefficient (Wildman–Crippen LogP) is 7.25. The Morgan fingerprint density at radius 2 is 1.67 bits per heavy atom. The predicted molar refractivity (Wildman–Crippen MR) is 131 cm³/mol. The van der Waals surface area contributed by atoms with Crippen LogP contribution in [-0.4, -0.2) is 5.91 Å². The Morgan fingerprint density at radius 3 is 2.33 bits per heavy atom. The van der Waals surface area contributed by atoms with Crippen LogP contribution in [0.4, 0.5) is 4.39 Å². The molecule has 5 heteroatoms. The SMILES string of the molecule is Cc1cc2c(cc1Cc1ccc(C(=O)NCc3ccc(F)cc3Cl)o1)C(C)(C)CCC2(C)C. The average Bonchev–Trinajstić information content (AvgIpc) is 3.20. The third kappa shape index (κ3) is 4.86. The standard InChI is InChI=1S/C28H31ClFNO2/c1-17-12-22-23(28(4,5)11-10-27(22,2)3)14-19(17)13-21-8-9-25(33-21)26(32)31-16-18-6-7-20(30)15-24(18)29/h6-9,12,14-15H,10-11,13,16H2,1-5H3,(H,31,32). The number of halogens is 2. The number of hydrogen-bond acceptors (Lipinski definition) is 2. The van der Waals surface area contributed by atoms with E-state index in [2.05, 4.69) is 52.1 Å². The van der Waals surface area contributed by atoms with Crippen molar-refractivity contribution in [1.29, 1.82) is 0 Å². The maximum Gasteiger partial charge on any atom is 0.287 e. The number of aryl methyl sites for hydroxylation is 1. The number of fused-ring (bicyclic) bond motifs is 1. The summed E-state index contributed by atoms with van der Waals surface area (Å²) < 4.78 is 19.1. The number of amides is 1. The van der Waals surface area contributed by atoms with Gasteiger partial charge in [-0.15, -0.1) is 0 Å². The van der Waals surface area contributed by atoms with Gasteiger partial charge in [0, 0.05) is 18.0 Å². The summed E-state index contributed by atoms with van der Waals surface area (Å²) in [7, 11) is 0. The molecule has 1 heterocycles. The largest absolute Gasteiger partial charge is 0.456 e. The van der Waals surface area contributed by atoms with Gasteiger partial charge in [-0.25, -0.2) is 4.39 Å². The highest BCUT2D eigenvalue weighted by Gasteiger charge is 2.37. The molecule has 0 spiro atoms. The van der Waals surface area contributed by atoms with Gasteiger partial charge in [0.15, 0.2) is 5.76 Å². The van der Waals surface area contributed by atoms with E-state index in [1.165, 1.54) is 47.2 Å². The van der Waals surface area contributed by atoms with Gasteiger partial charge >= 0.3 is 0 Å². The van der Waals surface area contributed by atoms with Crippen LogP contribution < -0.4 is 5.32 Å². The van der Waals surface area contributed by atoms with Gasteiger partial charge in [-0.1, -0.05) is 57.5 Å². The molecule has 0 saturated carbocycles. The molecule has 1 aliphatic rings. The van der Waals surface area contributed by atoms with Gasteiger partial charge in [0.25, 0.3) is 5.91 Å². The van der Waals surface area contributed by atoms with Crippen LogP contribution >= 0.6 is 11.6 Å². The molecule has 1 N–H and O–H groups in total. The molecule has 0 radical (unpaired) electrons. The molecular weight excluding hydrogens is 437 g/mol. The lowest BCUT2D eigenvalue weighted by Crippen LogP contribution is -2.34. The summed E-state index contributed by atoms with van der Waals surface area (Å²) in [6, 6.07) is 12.3. The van der Waals surface area contributed by atoms with Crippen LogP contribution in [0.5, 0.6) is 0 Å². The molecule has 1 aromatic heterocycles. The molecule has 2 aromatic carbocycles. The fourth-order valence-corrected chi connectivity index (χ4v) is 4.90. The first-order chi connectivity index (χ1) is 15.5. The van der Waals surface area contributed by atoms with Crippen molar-refractivity contribution in [3.05, 3.63) is 92.6 Å². The number of hydrogen-bond donors (Lipinski definition) is 1. The number of furan rings is 1. The van der Waals surface area contributed by atoms with E-state index < -0.39 is 5.82 Å². The first-order valence-corrected chi connectivity index (χ1v) is 11.8. The fourth-order valence-electron chi connectivity index (χ4n) is 4.67. The van der Waals surface area contributed by atoms with Crippen LogP contribution in [-0.2, 0) is 23.8 Å². The molecule has 1 aliphatic carbocycles. The van der Waals surface area contributed by atoms with Crippen molar-refractivity contribution >= 4 is 17.5 Å². The van der Waals surface area contributed by atoms with E-state index in [1.54, 1.807) is 12.1 Å². The number of carbonyl (C=O) groups is 1. The summed E-state index contributed by atoms with van der Waals surface area (Å²) in [5.74, 6) is 0.262. The second-order valence-electron chi connectivity index (χ2n) is 10.5. The Balaban J connectivity index is 1.50. The van der Waals surface area contributed by atoms with Crippen LogP contribution in [0.3, 0.4) is 0 Å². The van der Waals surface area contributed by atoms with Crippen molar-refractivity contribution in [3.8, 4) is 0 Å². The highest BCUT2D eigenvalue weighted by molar-refractivity contribution is 6.31. The van der Waals surface area contributed by atoms with Crippen molar-refractivity contribution in [3.63, 3.8) is 0 Å². The molecule has 174 valence electrons. The van der Waals surface area contributed by atoms with Gasteiger partial charge in [-0.2, -0.15) is 0 Å². The zero-order valence-electron chi connectivity index (χ0n) is 19.9. The number of rotatable bonds is 5. The molecule has 0 unspecified atom stereocenters. The molecular formula is C28H31ClFNO2. The molecule has 0 bridgehead atoms. The zero-order valence-corrected chi connectivity index (χ0v) is 20.7. The zero-order chi connectivity index (χ0) is 24.0. The van der Waals surface area contributed by atoms with E-state index in [-0.39, 0.29) is 34.1 Å². The summed E-state index contributed by atoms with van der Waals surface area (Å²) in [5.41, 5.74) is 6.29. The quantitative estimate of drug-likeness (QED) is 0.429. The van der Waals surface area contributed by atoms with Crippen molar-refractivity contribution in [2.24, 2.45) is 0 Å². The third-order valence-electron chi connectivity index (χ3n) is 7.01. The van der Waals surface area contributed by atoms with E-state index in [1.807, 2.05) is 6.07 Å². The Hall–Kier alpha value is -2.59. The lowest BCUT2D eigenvalue weighted by Gasteiger charge is -2.42. The number of carbonyl (C=O) groups excluding carboxylic acids is 1. The minimum Gasteiger partial charge on any atom is -0.456 e. The van der Waals surface area contributed by atoms with Crippen LogP contribution in [0, 0.1) is 12.7 Å². The van der Waals surface area contributed by atoms with Crippen molar-refractivity contribution < 1.29 is 13.6 Å². The maximum atomic E-state index is 13.2. The minimum atomic E-state index is -0.407. The molecule has 0 aliphatic heterocycles. The van der Waals surface area contributed by atoms with Crippen molar-refractivity contribution in [2.75, 3.05) is 0 Å². The topological polar surface area (TPSA) is 42.2 Å². The van der Waals surface area contributed by atoms with E-state index >= 15 is 0 Å². The first-order valence-electron chi connectivity index (χ1n) is 11.4. The second-order valence-corrected chi connectivity index (χ2v) is 10.9. The Morgan fingerprint density at radius 1 is 1.00 bits per heavy atom. The molecule has 0 atom stereocenters. The Labute approximate surface area is 200 Å². The summed E-state index contributed by atoms with van der Waals surface area (Å²) in [5, 5.41) is 3.07. The fraction of sp³-hybridized carbons (Fsp3) is 0.393. The molecule has 1 amide bonds. The average molecular weight is 468 g/mol.